The fourth-order valence-electron chi connectivity index (χ4n) is 3.07. The first-order valence-electron chi connectivity index (χ1n) is 7.58. The van der Waals surface area contributed by atoms with E-state index in [-0.39, 0.29) is 29.3 Å². The lowest BCUT2D eigenvalue weighted by Gasteiger charge is -2.31. The lowest BCUT2D eigenvalue weighted by atomic mass is 9.90. The Kier molecular flexibility index (Phi) is 4.46. The molecule has 0 spiro atoms. The van der Waals surface area contributed by atoms with E-state index in [1.807, 2.05) is 0 Å². The summed E-state index contributed by atoms with van der Waals surface area (Å²) >= 11 is 0. The zero-order valence-corrected chi connectivity index (χ0v) is 14.5. The lowest BCUT2D eigenvalue weighted by Crippen LogP contribution is -2.39. The summed E-state index contributed by atoms with van der Waals surface area (Å²) in [4.78, 5) is 25.5. The van der Waals surface area contributed by atoms with Crippen molar-refractivity contribution in [2.75, 3.05) is 13.2 Å². The van der Waals surface area contributed by atoms with Crippen molar-refractivity contribution in [3.63, 3.8) is 0 Å². The van der Waals surface area contributed by atoms with Gasteiger partial charge >= 0.3 is 27.6 Å². The number of carbonyl (C=O) groups is 2. The molecule has 1 fully saturated rings. The molecule has 2 aliphatic rings. The molecule has 13 heteroatoms. The Balaban J connectivity index is 2.15. The Bertz CT molecular complexity index is 902. The number of urea groups is 1. The van der Waals surface area contributed by atoms with Crippen LogP contribution in [-0.4, -0.2) is 54.2 Å². The summed E-state index contributed by atoms with van der Waals surface area (Å²) in [5, 5.41) is 10.2. The first-order chi connectivity index (χ1) is 12.5. The highest BCUT2D eigenvalue weighted by atomic mass is 32.2. The highest BCUT2D eigenvalue weighted by Crippen LogP contribution is 2.47. The Hall–Kier alpha value is -2.54. The van der Waals surface area contributed by atoms with Gasteiger partial charge in [0.2, 0.25) is 0 Å². The molecule has 2 bridgehead atoms. The van der Waals surface area contributed by atoms with Gasteiger partial charge in [0.15, 0.2) is 6.04 Å². The molecule has 1 unspecified atom stereocenters. The van der Waals surface area contributed by atoms with Crippen LogP contribution >= 0.6 is 0 Å². The van der Waals surface area contributed by atoms with Gasteiger partial charge in [0, 0.05) is 5.56 Å². The minimum atomic E-state index is -6.00. The van der Waals surface area contributed by atoms with Crippen LogP contribution in [-0.2, 0) is 19.6 Å². The lowest BCUT2D eigenvalue weighted by molar-refractivity contribution is -0.148. The third-order valence-electron chi connectivity index (χ3n) is 4.14. The number of halogens is 3. The van der Waals surface area contributed by atoms with Gasteiger partial charge in [-0.05, 0) is 18.6 Å². The van der Waals surface area contributed by atoms with Crippen LogP contribution in [0.3, 0.4) is 0 Å². The van der Waals surface area contributed by atoms with E-state index in [0.29, 0.717) is 0 Å². The van der Waals surface area contributed by atoms with E-state index in [4.69, 9.17) is 4.74 Å². The summed E-state index contributed by atoms with van der Waals surface area (Å²) in [5.41, 5.74) is -5.89. The van der Waals surface area contributed by atoms with E-state index in [0.717, 1.165) is 11.0 Å². The molecular weight excluding hydrogens is 397 g/mol. The van der Waals surface area contributed by atoms with Gasteiger partial charge in [-0.2, -0.15) is 26.7 Å². The van der Waals surface area contributed by atoms with Crippen LogP contribution in [0.15, 0.2) is 18.2 Å². The predicted octanol–water partition coefficient (Wildman–Crippen LogP) is 1.70. The molecule has 1 saturated heterocycles. The molecule has 0 aromatic heterocycles. The minimum Gasteiger partial charge on any atom is -0.464 e. The number of rotatable bonds is 4. The van der Waals surface area contributed by atoms with E-state index in [1.54, 1.807) is 0 Å². The molecule has 148 valence electrons. The van der Waals surface area contributed by atoms with Gasteiger partial charge in [-0.3, -0.25) is 5.21 Å². The Morgan fingerprint density at radius 1 is 1.37 bits per heavy atom. The van der Waals surface area contributed by atoms with Crippen molar-refractivity contribution < 1.29 is 45.3 Å². The topological polar surface area (TPSA) is 113 Å². The Labute approximate surface area is 150 Å². The highest BCUT2D eigenvalue weighted by molar-refractivity contribution is 7.88. The number of hydrogen-bond donors (Lipinski definition) is 1. The number of fused-ring (bicyclic) bond motifs is 4. The summed E-state index contributed by atoms with van der Waals surface area (Å²) in [6.07, 6.45) is 0. The van der Waals surface area contributed by atoms with Crippen LogP contribution in [0, 0.1) is 0 Å². The summed E-state index contributed by atoms with van der Waals surface area (Å²) in [5.74, 6) is -1.62. The van der Waals surface area contributed by atoms with Gasteiger partial charge in [0.1, 0.15) is 11.8 Å². The minimum absolute atomic E-state index is 0.00414. The van der Waals surface area contributed by atoms with Crippen LogP contribution in [0.4, 0.5) is 18.0 Å². The van der Waals surface area contributed by atoms with Gasteiger partial charge in [-0.15, -0.1) is 0 Å². The second kappa shape index (κ2) is 6.27. The number of nitrogens with zero attached hydrogens (tertiary/aromatic N) is 2. The Morgan fingerprint density at radius 3 is 2.63 bits per heavy atom. The molecular formula is C14H13F3N2O7S. The van der Waals surface area contributed by atoms with Gasteiger partial charge in [-0.25, -0.2) is 9.59 Å². The highest BCUT2D eigenvalue weighted by Gasteiger charge is 2.53. The molecule has 1 aromatic carbocycles. The fourth-order valence-corrected chi connectivity index (χ4v) is 3.55. The molecule has 2 atom stereocenters. The smallest absolute Gasteiger partial charge is 0.464 e. The average molecular weight is 410 g/mol. The molecule has 0 radical (unpaired) electrons. The molecule has 2 aliphatic heterocycles. The largest absolute Gasteiger partial charge is 0.534 e. The standard InChI is InChI=1S/C14H13F3N2O7S/c1-2-25-12(20)11-7-4-3-5-9(26-27(23,24)14(15,16)17)10(7)8-6-18(11)13(21)19(8)22/h3-5,8,11,22H,2,6H2,1H3/t8-,11?/m1/s1. The second-order valence-corrected chi connectivity index (χ2v) is 7.23. The molecule has 9 nitrogen and oxygen atoms in total. The summed E-state index contributed by atoms with van der Waals surface area (Å²) in [6, 6.07) is -0.119. The summed E-state index contributed by atoms with van der Waals surface area (Å²) in [6.45, 7) is 1.22. The molecule has 1 aromatic rings. The number of ether oxygens (including phenoxy) is 1. The third kappa shape index (κ3) is 2.96. The Morgan fingerprint density at radius 2 is 2.04 bits per heavy atom. The SMILES string of the molecule is CCOC(=O)C1c2cccc(OS(=O)(=O)C(F)(F)F)c2[C@H]2CN1C(=O)N2O. The van der Waals surface area contributed by atoms with Crippen LogP contribution in [0.25, 0.3) is 0 Å². The van der Waals surface area contributed by atoms with Crippen molar-refractivity contribution in [2.45, 2.75) is 24.5 Å². The number of carbonyl (C=O) groups excluding carboxylic acids is 2. The maximum atomic E-state index is 12.7. The molecule has 3 rings (SSSR count). The second-order valence-electron chi connectivity index (χ2n) is 5.69. The molecule has 2 amide bonds. The van der Waals surface area contributed by atoms with Crippen LogP contribution < -0.4 is 4.18 Å². The molecule has 0 aliphatic carbocycles. The van der Waals surface area contributed by atoms with Crippen molar-refractivity contribution in [3.05, 3.63) is 29.3 Å². The van der Waals surface area contributed by atoms with Gasteiger partial charge in [0.05, 0.1) is 13.2 Å². The van der Waals surface area contributed by atoms with Crippen LogP contribution in [0.2, 0.25) is 0 Å². The number of hydrogen-bond acceptors (Lipinski definition) is 7. The van der Waals surface area contributed by atoms with E-state index in [9.17, 15) is 36.4 Å². The molecule has 27 heavy (non-hydrogen) atoms. The van der Waals surface area contributed by atoms with Crippen molar-refractivity contribution in [3.8, 4) is 5.75 Å². The first kappa shape index (κ1) is 19.2. The summed E-state index contributed by atoms with van der Waals surface area (Å²) in [7, 11) is -6.00. The number of amides is 2. The fraction of sp³-hybridized carbons (Fsp3) is 0.429. The number of hydroxylamine groups is 2. The predicted molar refractivity (Wildman–Crippen MR) is 79.9 cm³/mol. The van der Waals surface area contributed by atoms with Gasteiger partial charge < -0.3 is 13.8 Å². The normalized spacial score (nSPS) is 21.9. The first-order valence-corrected chi connectivity index (χ1v) is 8.99. The van der Waals surface area contributed by atoms with Gasteiger partial charge in [-0.1, -0.05) is 12.1 Å². The number of esters is 1. The van der Waals surface area contributed by atoms with Crippen molar-refractivity contribution in [1.82, 2.24) is 9.96 Å². The summed E-state index contributed by atoms with van der Waals surface area (Å²) < 4.78 is 69.9. The van der Waals surface area contributed by atoms with Crippen molar-refractivity contribution >= 4 is 22.1 Å². The quantitative estimate of drug-likeness (QED) is 0.348. The van der Waals surface area contributed by atoms with E-state index >= 15 is 0 Å². The van der Waals surface area contributed by atoms with Crippen LogP contribution in [0.1, 0.15) is 30.1 Å². The zero-order valence-electron chi connectivity index (χ0n) is 13.6. The monoisotopic (exact) mass is 410 g/mol. The maximum absolute atomic E-state index is 12.7. The van der Waals surface area contributed by atoms with E-state index in [2.05, 4.69) is 4.18 Å². The molecule has 1 N–H and O–H groups in total. The number of alkyl halides is 3. The van der Waals surface area contributed by atoms with Crippen molar-refractivity contribution in [2.24, 2.45) is 0 Å². The zero-order chi connectivity index (χ0) is 20.1. The molecule has 0 saturated carbocycles. The van der Waals surface area contributed by atoms with Gasteiger partial charge in [0.25, 0.3) is 0 Å². The van der Waals surface area contributed by atoms with E-state index in [1.165, 1.54) is 19.1 Å². The third-order valence-corrected chi connectivity index (χ3v) is 5.10. The van der Waals surface area contributed by atoms with Crippen molar-refractivity contribution in [1.29, 1.82) is 0 Å². The van der Waals surface area contributed by atoms with E-state index < -0.39 is 45.5 Å². The van der Waals surface area contributed by atoms with Crippen LogP contribution in [0.5, 0.6) is 5.75 Å². The number of benzene rings is 1. The average Bonchev–Trinajstić information content (AvgIpc) is 2.80. The maximum Gasteiger partial charge on any atom is 0.534 e. The molecule has 2 heterocycles.